The van der Waals surface area contributed by atoms with Crippen molar-refractivity contribution in [2.75, 3.05) is 20.3 Å². The first kappa shape index (κ1) is 23.6. The van der Waals surface area contributed by atoms with E-state index in [9.17, 15) is 14.7 Å². The van der Waals surface area contributed by atoms with Crippen molar-refractivity contribution < 1.29 is 24.2 Å². The molecule has 160 valence electrons. The Labute approximate surface area is 185 Å². The lowest BCUT2D eigenvalue weighted by atomic mass is 9.88. The highest BCUT2D eigenvalue weighted by Crippen LogP contribution is 2.29. The van der Waals surface area contributed by atoms with E-state index in [0.717, 1.165) is 16.4 Å². The number of halogens is 1. The van der Waals surface area contributed by atoms with Gasteiger partial charge >= 0.3 is 0 Å². The van der Waals surface area contributed by atoms with Crippen LogP contribution < -0.4 is 10.5 Å². The van der Waals surface area contributed by atoms with Gasteiger partial charge in [-0.15, -0.1) is 0 Å². The van der Waals surface area contributed by atoms with Crippen molar-refractivity contribution in [2.24, 2.45) is 5.73 Å². The molecule has 1 aliphatic rings. The molecule has 0 fully saturated rings. The van der Waals surface area contributed by atoms with Crippen molar-refractivity contribution in [1.82, 2.24) is 4.90 Å². The van der Waals surface area contributed by atoms with Crippen molar-refractivity contribution in [3.63, 3.8) is 0 Å². The summed E-state index contributed by atoms with van der Waals surface area (Å²) in [6.07, 6.45) is 1.98. The highest BCUT2D eigenvalue weighted by molar-refractivity contribution is 14.1. The summed E-state index contributed by atoms with van der Waals surface area (Å²) in [5.74, 6) is -0.0590. The predicted molar refractivity (Wildman–Crippen MR) is 118 cm³/mol. The smallest absolute Gasteiger partial charge is 0.244 e. The van der Waals surface area contributed by atoms with E-state index in [0.29, 0.717) is 30.9 Å². The van der Waals surface area contributed by atoms with Crippen LogP contribution in [0.2, 0.25) is 0 Å². The molecule has 2 rings (SSSR count). The predicted octanol–water partition coefficient (Wildman–Crippen LogP) is 2.25. The monoisotopic (exact) mass is 516 g/mol. The Hall–Kier alpha value is -1.65. The molecular formula is C21H29IN2O5. The maximum Gasteiger partial charge on any atom is 0.244 e. The number of aliphatic hydroxyl groups excluding tert-OH is 1. The van der Waals surface area contributed by atoms with Crippen LogP contribution in [0.3, 0.4) is 0 Å². The van der Waals surface area contributed by atoms with Crippen molar-refractivity contribution in [2.45, 2.75) is 50.9 Å². The highest BCUT2D eigenvalue weighted by atomic mass is 127. The molecule has 0 saturated carbocycles. The normalized spacial score (nSPS) is 21.4. The van der Waals surface area contributed by atoms with E-state index in [4.69, 9.17) is 15.2 Å². The number of carbonyl (C=O) groups excluding carboxylic acids is 2. The van der Waals surface area contributed by atoms with Gasteiger partial charge in [-0.1, -0.05) is 25.5 Å². The molecule has 0 saturated heterocycles. The first-order chi connectivity index (χ1) is 13.9. The molecular weight excluding hydrogens is 487 g/mol. The van der Waals surface area contributed by atoms with E-state index in [1.165, 1.54) is 0 Å². The fourth-order valence-electron chi connectivity index (χ4n) is 3.33. The van der Waals surface area contributed by atoms with Gasteiger partial charge in [-0.3, -0.25) is 9.59 Å². The van der Waals surface area contributed by atoms with Crippen molar-refractivity contribution in [3.05, 3.63) is 39.5 Å². The number of methoxy groups -OCH3 is 1. The number of carbonyl (C=O) groups is 2. The molecule has 0 spiro atoms. The molecule has 1 aromatic rings. The second-order valence-corrected chi connectivity index (χ2v) is 8.18. The second kappa shape index (κ2) is 11.5. The van der Waals surface area contributed by atoms with E-state index in [1.54, 1.807) is 24.2 Å². The Morgan fingerprint density at radius 3 is 2.69 bits per heavy atom. The zero-order valence-electron chi connectivity index (χ0n) is 16.8. The number of unbranched alkanes of at least 4 members (excludes halogenated alkanes) is 1. The van der Waals surface area contributed by atoms with Crippen LogP contribution >= 0.6 is 22.6 Å². The zero-order valence-corrected chi connectivity index (χ0v) is 19.0. The molecule has 0 bridgehead atoms. The first-order valence-corrected chi connectivity index (χ1v) is 10.8. The summed E-state index contributed by atoms with van der Waals surface area (Å²) in [6.45, 7) is 2.67. The molecule has 0 unspecified atom stereocenters. The van der Waals surface area contributed by atoms with Gasteiger partial charge in [-0.2, -0.15) is 0 Å². The summed E-state index contributed by atoms with van der Waals surface area (Å²) < 4.78 is 12.0. The van der Waals surface area contributed by atoms with Gasteiger partial charge in [0.05, 0.1) is 16.2 Å². The van der Waals surface area contributed by atoms with Crippen molar-refractivity contribution in [3.8, 4) is 5.75 Å². The third kappa shape index (κ3) is 6.42. The average molecular weight is 516 g/mol. The van der Waals surface area contributed by atoms with E-state index in [1.807, 2.05) is 25.1 Å². The highest BCUT2D eigenvalue weighted by Gasteiger charge is 2.39. The van der Waals surface area contributed by atoms with Gasteiger partial charge in [0.25, 0.3) is 0 Å². The molecule has 0 radical (unpaired) electrons. The number of primary amides is 1. The number of benzene rings is 1. The van der Waals surface area contributed by atoms with Crippen LogP contribution in [-0.2, 0) is 14.3 Å². The fourth-order valence-corrected chi connectivity index (χ4v) is 3.85. The number of nitrogens with two attached hydrogens (primary N) is 1. The van der Waals surface area contributed by atoms with E-state index in [-0.39, 0.29) is 12.3 Å². The number of ether oxygens (including phenoxy) is 2. The van der Waals surface area contributed by atoms with Gasteiger partial charge in [0.15, 0.2) is 0 Å². The lowest BCUT2D eigenvalue weighted by Crippen LogP contribution is -2.55. The summed E-state index contributed by atoms with van der Waals surface area (Å²) in [7, 11) is 1.56. The molecule has 3 atom stereocenters. The summed E-state index contributed by atoms with van der Waals surface area (Å²) in [6, 6.07) is 6.79. The second-order valence-electron chi connectivity index (χ2n) is 7.01. The molecule has 3 N–H and O–H groups in total. The molecule has 7 nitrogen and oxygen atoms in total. The molecule has 29 heavy (non-hydrogen) atoms. The number of hydrogen-bond donors (Lipinski definition) is 2. The van der Waals surface area contributed by atoms with Crippen LogP contribution in [0.1, 0.15) is 32.6 Å². The standard InChI is InChI=1S/C21H29IN2O5/c1-3-4-9-19(25)24(10-11-28-2)16-12-14(21(23)27)13-18(20(16)26)29-17-8-6-5-7-15(17)22/h5-8,13,16,18,20,26H,3-4,9-12H2,1-2H3,(H2,23,27)/t16-,18+,20+/m1/s1. The largest absolute Gasteiger partial charge is 0.482 e. The Bertz CT molecular complexity index is 740. The maximum atomic E-state index is 12.8. The maximum absolute atomic E-state index is 12.8. The molecule has 0 aromatic heterocycles. The molecule has 2 amide bonds. The third-order valence-electron chi connectivity index (χ3n) is 4.94. The van der Waals surface area contributed by atoms with Crippen molar-refractivity contribution >= 4 is 34.4 Å². The molecule has 0 aliphatic heterocycles. The minimum Gasteiger partial charge on any atom is -0.482 e. The number of nitrogens with zero attached hydrogens (tertiary/aromatic N) is 1. The van der Waals surface area contributed by atoms with Crippen molar-refractivity contribution in [1.29, 1.82) is 0 Å². The molecule has 1 aromatic carbocycles. The summed E-state index contributed by atoms with van der Waals surface area (Å²) in [5, 5.41) is 11.1. The van der Waals surface area contributed by atoms with E-state index in [2.05, 4.69) is 22.6 Å². The number of rotatable bonds is 10. The van der Waals surface area contributed by atoms with Crippen LogP contribution in [0.5, 0.6) is 5.75 Å². The Balaban J connectivity index is 2.31. The molecule has 8 heteroatoms. The number of aliphatic hydroxyl groups is 1. The summed E-state index contributed by atoms with van der Waals surface area (Å²) in [4.78, 5) is 26.4. The lowest BCUT2D eigenvalue weighted by Gasteiger charge is -2.40. The van der Waals surface area contributed by atoms with Gasteiger partial charge in [-0.25, -0.2) is 0 Å². The van der Waals surface area contributed by atoms with Crippen LogP contribution in [0.4, 0.5) is 0 Å². The van der Waals surface area contributed by atoms with Crippen LogP contribution in [0, 0.1) is 3.57 Å². The SMILES string of the molecule is CCCCC(=O)N(CCOC)[C@@H]1CC(C(N)=O)=C[C@H](Oc2ccccc2I)[C@H]1O. The zero-order chi connectivity index (χ0) is 21.4. The quantitative estimate of drug-likeness (QED) is 0.465. The van der Waals surface area contributed by atoms with Gasteiger partial charge in [-0.05, 0) is 47.2 Å². The van der Waals surface area contributed by atoms with Gasteiger partial charge in [0.1, 0.15) is 18.0 Å². The Kier molecular flexibility index (Phi) is 9.38. The number of para-hydroxylation sites is 1. The number of hydrogen-bond acceptors (Lipinski definition) is 5. The third-order valence-corrected chi connectivity index (χ3v) is 5.83. The fraction of sp³-hybridized carbons (Fsp3) is 0.524. The van der Waals surface area contributed by atoms with Gasteiger partial charge in [0, 0.05) is 32.1 Å². The minimum absolute atomic E-state index is 0.0771. The first-order valence-electron chi connectivity index (χ1n) is 9.77. The Morgan fingerprint density at radius 1 is 1.34 bits per heavy atom. The summed E-state index contributed by atoms with van der Waals surface area (Å²) >= 11 is 2.14. The minimum atomic E-state index is -1.00. The van der Waals surface area contributed by atoms with Crippen LogP contribution in [-0.4, -0.2) is 60.3 Å². The van der Waals surface area contributed by atoms with Gasteiger partial charge < -0.3 is 25.2 Å². The van der Waals surface area contributed by atoms with Crippen LogP contribution in [0.25, 0.3) is 0 Å². The Morgan fingerprint density at radius 2 is 2.07 bits per heavy atom. The topological polar surface area (TPSA) is 102 Å². The summed E-state index contributed by atoms with van der Waals surface area (Å²) in [5.41, 5.74) is 5.89. The van der Waals surface area contributed by atoms with Crippen LogP contribution in [0.15, 0.2) is 35.9 Å². The number of amides is 2. The van der Waals surface area contributed by atoms with E-state index < -0.39 is 24.2 Å². The van der Waals surface area contributed by atoms with Gasteiger partial charge in [0.2, 0.25) is 11.8 Å². The van der Waals surface area contributed by atoms with E-state index >= 15 is 0 Å². The lowest BCUT2D eigenvalue weighted by molar-refractivity contribution is -0.139. The average Bonchev–Trinajstić information content (AvgIpc) is 2.70. The molecule has 0 heterocycles. The molecule has 1 aliphatic carbocycles.